The highest BCUT2D eigenvalue weighted by molar-refractivity contribution is 5.94. The maximum absolute atomic E-state index is 13.7. The van der Waals surface area contributed by atoms with Crippen LogP contribution in [-0.4, -0.2) is 22.4 Å². The molecule has 3 rings (SSSR count). The van der Waals surface area contributed by atoms with E-state index in [1.165, 1.54) is 6.07 Å². The minimum absolute atomic E-state index is 0.0534. The third kappa shape index (κ3) is 1.99. The first kappa shape index (κ1) is 11.8. The van der Waals surface area contributed by atoms with Crippen molar-refractivity contribution in [3.63, 3.8) is 0 Å². The number of amides is 1. The third-order valence-corrected chi connectivity index (χ3v) is 3.08. The molecule has 2 heterocycles. The highest BCUT2D eigenvalue weighted by atomic mass is 19.1. The van der Waals surface area contributed by atoms with Crippen LogP contribution >= 0.6 is 0 Å². The molecule has 0 fully saturated rings. The molecule has 0 atom stereocenters. The van der Waals surface area contributed by atoms with Gasteiger partial charge in [0.15, 0.2) is 0 Å². The lowest BCUT2D eigenvalue weighted by Crippen LogP contribution is -2.23. The number of aromatic nitrogens is 2. The van der Waals surface area contributed by atoms with E-state index in [4.69, 9.17) is 0 Å². The Balaban J connectivity index is 2.13. The number of benzene rings is 1. The molecule has 0 radical (unpaired) electrons. The number of halogens is 2. The van der Waals surface area contributed by atoms with Gasteiger partial charge in [0, 0.05) is 12.2 Å². The number of rotatable bonds is 1. The Morgan fingerprint density at radius 2 is 1.95 bits per heavy atom. The maximum Gasteiger partial charge on any atom is 0.271 e. The summed E-state index contributed by atoms with van der Waals surface area (Å²) in [5.74, 6) is -1.67. The van der Waals surface area contributed by atoms with Gasteiger partial charge in [0.2, 0.25) is 0 Å². The Morgan fingerprint density at radius 1 is 1.21 bits per heavy atom. The van der Waals surface area contributed by atoms with Gasteiger partial charge in [-0.25, -0.2) is 13.8 Å². The van der Waals surface area contributed by atoms with Crippen LogP contribution < -0.4 is 5.32 Å². The van der Waals surface area contributed by atoms with Gasteiger partial charge in [0.05, 0.1) is 5.56 Å². The van der Waals surface area contributed by atoms with Crippen molar-refractivity contribution in [2.24, 2.45) is 0 Å². The van der Waals surface area contributed by atoms with Crippen LogP contribution in [0.1, 0.15) is 22.6 Å². The zero-order valence-electron chi connectivity index (χ0n) is 9.96. The number of carbonyl (C=O) groups excluding carboxylic acids is 1. The smallest absolute Gasteiger partial charge is 0.271 e. The van der Waals surface area contributed by atoms with Gasteiger partial charge in [-0.15, -0.1) is 0 Å². The van der Waals surface area contributed by atoms with Crippen LogP contribution in [0.15, 0.2) is 18.2 Å². The Kier molecular flexibility index (Phi) is 2.77. The number of hydrogen-bond acceptors (Lipinski definition) is 2. The summed E-state index contributed by atoms with van der Waals surface area (Å²) in [6.45, 7) is 0.576. The lowest BCUT2D eigenvalue weighted by atomic mass is 10.2. The van der Waals surface area contributed by atoms with Crippen molar-refractivity contribution >= 4 is 5.91 Å². The van der Waals surface area contributed by atoms with E-state index in [9.17, 15) is 13.6 Å². The molecule has 1 aliphatic rings. The molecule has 2 N–H and O–H groups in total. The Labute approximate surface area is 107 Å². The second-order valence-electron chi connectivity index (χ2n) is 4.37. The lowest BCUT2D eigenvalue weighted by molar-refractivity contribution is 0.0951. The number of nitrogens with one attached hydrogen (secondary N) is 2. The summed E-state index contributed by atoms with van der Waals surface area (Å²) in [7, 11) is 0. The van der Waals surface area contributed by atoms with Crippen LogP contribution in [0.5, 0.6) is 0 Å². The molecule has 0 saturated carbocycles. The van der Waals surface area contributed by atoms with E-state index in [-0.39, 0.29) is 23.0 Å². The van der Waals surface area contributed by atoms with Gasteiger partial charge in [-0.2, -0.15) is 0 Å². The molecule has 6 heteroatoms. The molecular formula is C13H11F2N3O. The Morgan fingerprint density at radius 3 is 2.68 bits per heavy atom. The molecule has 1 amide bonds. The molecule has 4 nitrogen and oxygen atoms in total. The molecular weight excluding hydrogens is 252 g/mol. The topological polar surface area (TPSA) is 57.8 Å². The van der Waals surface area contributed by atoms with Gasteiger partial charge < -0.3 is 10.3 Å². The molecule has 0 saturated heterocycles. The summed E-state index contributed by atoms with van der Waals surface area (Å²) in [6, 6.07) is 3.60. The normalized spacial score (nSPS) is 14.7. The van der Waals surface area contributed by atoms with Crippen LogP contribution in [0, 0.1) is 11.6 Å². The highest BCUT2D eigenvalue weighted by Gasteiger charge is 2.23. The molecule has 0 spiro atoms. The summed E-state index contributed by atoms with van der Waals surface area (Å²) in [5.41, 5.74) is 0.603. The number of H-pyrrole nitrogens is 1. The molecule has 1 aromatic carbocycles. The van der Waals surface area contributed by atoms with Crippen molar-refractivity contribution in [3.8, 4) is 11.4 Å². The summed E-state index contributed by atoms with van der Waals surface area (Å²) in [6.07, 6.45) is 1.39. The van der Waals surface area contributed by atoms with E-state index >= 15 is 0 Å². The summed E-state index contributed by atoms with van der Waals surface area (Å²) in [5, 5.41) is 2.69. The molecule has 1 aliphatic heterocycles. The molecule has 1 aromatic heterocycles. The third-order valence-electron chi connectivity index (χ3n) is 3.08. The summed E-state index contributed by atoms with van der Waals surface area (Å²) >= 11 is 0. The average Bonchev–Trinajstić information content (AvgIpc) is 2.71. The van der Waals surface area contributed by atoms with Crippen LogP contribution in [0.3, 0.4) is 0 Å². The SMILES string of the molecule is O=C1NCCCc2[nH]c(-c3c(F)cccc3F)nc21. The number of aromatic amines is 1. The minimum atomic E-state index is -0.704. The zero-order valence-corrected chi connectivity index (χ0v) is 9.96. The molecule has 19 heavy (non-hydrogen) atoms. The minimum Gasteiger partial charge on any atom is -0.351 e. The van der Waals surface area contributed by atoms with E-state index in [1.54, 1.807) is 0 Å². The monoisotopic (exact) mass is 263 g/mol. The second kappa shape index (κ2) is 4.46. The Hall–Kier alpha value is -2.24. The fourth-order valence-corrected chi connectivity index (χ4v) is 2.17. The number of carbonyl (C=O) groups is 1. The number of fused-ring (bicyclic) bond motifs is 1. The molecule has 0 aliphatic carbocycles. The number of aryl methyl sites for hydroxylation is 1. The van der Waals surface area contributed by atoms with Gasteiger partial charge >= 0.3 is 0 Å². The molecule has 0 unspecified atom stereocenters. The van der Waals surface area contributed by atoms with E-state index in [2.05, 4.69) is 15.3 Å². The van der Waals surface area contributed by atoms with Crippen molar-refractivity contribution in [1.29, 1.82) is 0 Å². The van der Waals surface area contributed by atoms with Gasteiger partial charge in [-0.05, 0) is 25.0 Å². The first-order valence-electron chi connectivity index (χ1n) is 5.98. The van der Waals surface area contributed by atoms with Crippen molar-refractivity contribution in [3.05, 3.63) is 41.2 Å². The largest absolute Gasteiger partial charge is 0.351 e. The number of nitrogens with zero attached hydrogens (tertiary/aromatic N) is 1. The zero-order chi connectivity index (χ0) is 13.4. The fourth-order valence-electron chi connectivity index (χ4n) is 2.17. The first-order valence-corrected chi connectivity index (χ1v) is 5.98. The first-order chi connectivity index (χ1) is 9.16. The summed E-state index contributed by atoms with van der Waals surface area (Å²) in [4.78, 5) is 18.6. The predicted octanol–water partition coefficient (Wildman–Crippen LogP) is 2.03. The highest BCUT2D eigenvalue weighted by Crippen LogP contribution is 2.25. The Bertz CT molecular complexity index is 631. The van der Waals surface area contributed by atoms with E-state index in [0.29, 0.717) is 18.7 Å². The quantitative estimate of drug-likeness (QED) is 0.827. The van der Waals surface area contributed by atoms with Gasteiger partial charge in [-0.3, -0.25) is 4.79 Å². The van der Waals surface area contributed by atoms with Crippen LogP contribution in [0.4, 0.5) is 8.78 Å². The molecule has 0 bridgehead atoms. The molecule has 98 valence electrons. The van der Waals surface area contributed by atoms with Crippen molar-refractivity contribution < 1.29 is 13.6 Å². The van der Waals surface area contributed by atoms with Gasteiger partial charge in [0.1, 0.15) is 23.2 Å². The standard InChI is InChI=1S/C13H11F2N3O/c14-7-3-1-4-8(15)10(7)12-17-9-5-2-6-16-13(19)11(9)18-12/h1,3-4H,2,5-6H2,(H,16,19)(H,17,18). The van der Waals surface area contributed by atoms with Gasteiger partial charge in [-0.1, -0.05) is 6.07 Å². The van der Waals surface area contributed by atoms with Crippen molar-refractivity contribution in [1.82, 2.24) is 15.3 Å². The molecule has 2 aromatic rings. The number of hydrogen-bond donors (Lipinski definition) is 2. The van der Waals surface area contributed by atoms with Gasteiger partial charge in [0.25, 0.3) is 5.91 Å². The van der Waals surface area contributed by atoms with E-state index in [0.717, 1.165) is 18.6 Å². The predicted molar refractivity (Wildman–Crippen MR) is 64.6 cm³/mol. The average molecular weight is 263 g/mol. The van der Waals surface area contributed by atoms with Crippen molar-refractivity contribution in [2.45, 2.75) is 12.8 Å². The summed E-state index contributed by atoms with van der Waals surface area (Å²) < 4.78 is 27.4. The lowest BCUT2D eigenvalue weighted by Gasteiger charge is -2.01. The fraction of sp³-hybridized carbons (Fsp3) is 0.231. The van der Waals surface area contributed by atoms with Crippen LogP contribution in [-0.2, 0) is 6.42 Å². The maximum atomic E-state index is 13.7. The van der Waals surface area contributed by atoms with Crippen LogP contribution in [0.25, 0.3) is 11.4 Å². The van der Waals surface area contributed by atoms with Crippen LogP contribution in [0.2, 0.25) is 0 Å². The van der Waals surface area contributed by atoms with E-state index < -0.39 is 11.6 Å². The second-order valence-corrected chi connectivity index (χ2v) is 4.37. The number of imidazole rings is 1. The van der Waals surface area contributed by atoms with Crippen molar-refractivity contribution in [2.75, 3.05) is 6.54 Å². The van der Waals surface area contributed by atoms with E-state index in [1.807, 2.05) is 0 Å².